The lowest BCUT2D eigenvalue weighted by molar-refractivity contribution is 0.102. The molecule has 1 saturated heterocycles. The first-order chi connectivity index (χ1) is 11.8. The van der Waals surface area contributed by atoms with Gasteiger partial charge in [-0.3, -0.25) is 9.78 Å². The van der Waals surface area contributed by atoms with Crippen molar-refractivity contribution in [1.29, 1.82) is 0 Å². The Labute approximate surface area is 155 Å². The fourth-order valence-corrected chi connectivity index (χ4v) is 3.03. The van der Waals surface area contributed by atoms with Crippen LogP contribution in [0.3, 0.4) is 0 Å². The van der Waals surface area contributed by atoms with Crippen LogP contribution < -0.4 is 10.6 Å². The summed E-state index contributed by atoms with van der Waals surface area (Å²) in [6.45, 7) is 4.24. The molecule has 2 aromatic rings. The Morgan fingerprint density at radius 1 is 1.24 bits per heavy atom. The maximum absolute atomic E-state index is 12.2. The van der Waals surface area contributed by atoms with Crippen molar-refractivity contribution in [1.82, 2.24) is 15.3 Å². The van der Waals surface area contributed by atoms with E-state index in [9.17, 15) is 4.79 Å². The van der Waals surface area contributed by atoms with E-state index in [0.29, 0.717) is 11.6 Å². The number of aryl methyl sites for hydroxylation is 1. The fraction of sp³-hybridized carbons (Fsp3) is 0.421. The molecular weight excluding hydrogens is 336 g/mol. The van der Waals surface area contributed by atoms with Gasteiger partial charge in [0.05, 0.1) is 11.9 Å². The van der Waals surface area contributed by atoms with Crippen LogP contribution in [-0.2, 0) is 6.42 Å². The van der Waals surface area contributed by atoms with Crippen LogP contribution >= 0.6 is 12.4 Å². The van der Waals surface area contributed by atoms with Gasteiger partial charge in [-0.1, -0.05) is 25.5 Å². The van der Waals surface area contributed by atoms with Crippen molar-refractivity contribution < 1.29 is 4.79 Å². The highest BCUT2D eigenvalue weighted by Gasteiger charge is 2.15. The largest absolute Gasteiger partial charge is 0.321 e. The van der Waals surface area contributed by atoms with E-state index >= 15 is 0 Å². The third-order valence-electron chi connectivity index (χ3n) is 4.38. The topological polar surface area (TPSA) is 66.9 Å². The second-order valence-corrected chi connectivity index (χ2v) is 6.26. The Morgan fingerprint density at radius 3 is 2.64 bits per heavy atom. The number of piperidine rings is 1. The van der Waals surface area contributed by atoms with Crippen LogP contribution in [0.25, 0.3) is 0 Å². The monoisotopic (exact) mass is 360 g/mol. The van der Waals surface area contributed by atoms with Gasteiger partial charge in [-0.05, 0) is 49.4 Å². The highest BCUT2D eigenvalue weighted by atomic mass is 35.5. The molecular formula is C19H25ClN4O. The van der Waals surface area contributed by atoms with Gasteiger partial charge >= 0.3 is 0 Å². The Hall–Kier alpha value is -1.98. The molecule has 6 heteroatoms. The number of aromatic nitrogens is 2. The van der Waals surface area contributed by atoms with E-state index in [1.807, 2.05) is 12.1 Å². The van der Waals surface area contributed by atoms with Gasteiger partial charge in [-0.2, -0.15) is 0 Å². The SMILES string of the molecule is CCCc1cnc(C(=O)Nc2ccc(C3CCCNC3)cc2)cn1.Cl. The van der Waals surface area contributed by atoms with Gasteiger partial charge < -0.3 is 10.6 Å². The van der Waals surface area contributed by atoms with Crippen molar-refractivity contribution in [3.8, 4) is 0 Å². The third-order valence-corrected chi connectivity index (χ3v) is 4.38. The second-order valence-electron chi connectivity index (χ2n) is 6.26. The summed E-state index contributed by atoms with van der Waals surface area (Å²) in [6.07, 6.45) is 7.56. The third kappa shape index (κ3) is 5.25. The maximum atomic E-state index is 12.2. The predicted octanol–water partition coefficient (Wildman–Crippen LogP) is 3.57. The number of nitrogens with zero attached hydrogens (tertiary/aromatic N) is 2. The quantitative estimate of drug-likeness (QED) is 0.855. The minimum absolute atomic E-state index is 0. The average molecular weight is 361 g/mol. The van der Waals surface area contributed by atoms with Gasteiger partial charge in [0.1, 0.15) is 5.69 Å². The Kier molecular flexibility index (Phi) is 7.34. The van der Waals surface area contributed by atoms with Crippen LogP contribution in [-0.4, -0.2) is 29.0 Å². The minimum Gasteiger partial charge on any atom is -0.321 e. The van der Waals surface area contributed by atoms with E-state index in [4.69, 9.17) is 0 Å². The zero-order valence-corrected chi connectivity index (χ0v) is 15.3. The highest BCUT2D eigenvalue weighted by Crippen LogP contribution is 2.24. The van der Waals surface area contributed by atoms with Crippen molar-refractivity contribution in [3.63, 3.8) is 0 Å². The Morgan fingerprint density at radius 2 is 2.04 bits per heavy atom. The molecule has 1 aromatic carbocycles. The van der Waals surface area contributed by atoms with Crippen LogP contribution in [0, 0.1) is 0 Å². The number of carbonyl (C=O) groups excluding carboxylic acids is 1. The lowest BCUT2D eigenvalue weighted by Crippen LogP contribution is -2.28. The number of amides is 1. The normalized spacial score (nSPS) is 16.8. The van der Waals surface area contributed by atoms with Gasteiger partial charge in [0, 0.05) is 18.4 Å². The molecule has 0 spiro atoms. The number of hydrogen-bond acceptors (Lipinski definition) is 4. The molecule has 1 atom stereocenters. The molecule has 1 unspecified atom stereocenters. The molecule has 1 aromatic heterocycles. The van der Waals surface area contributed by atoms with E-state index in [1.54, 1.807) is 12.4 Å². The number of carbonyl (C=O) groups is 1. The summed E-state index contributed by atoms with van der Waals surface area (Å²) in [6, 6.07) is 8.12. The first-order valence-electron chi connectivity index (χ1n) is 8.69. The minimum atomic E-state index is -0.224. The zero-order chi connectivity index (χ0) is 16.8. The van der Waals surface area contributed by atoms with Gasteiger partial charge in [-0.15, -0.1) is 12.4 Å². The molecule has 1 aliphatic rings. The number of anilines is 1. The zero-order valence-electron chi connectivity index (χ0n) is 14.5. The predicted molar refractivity (Wildman–Crippen MR) is 103 cm³/mol. The molecule has 0 aliphatic carbocycles. The average Bonchev–Trinajstić information content (AvgIpc) is 2.64. The van der Waals surface area contributed by atoms with E-state index in [0.717, 1.165) is 37.3 Å². The summed E-state index contributed by atoms with van der Waals surface area (Å²) in [4.78, 5) is 20.7. The molecule has 2 N–H and O–H groups in total. The molecule has 2 heterocycles. The van der Waals surface area contributed by atoms with Crippen LogP contribution in [0.15, 0.2) is 36.7 Å². The fourth-order valence-electron chi connectivity index (χ4n) is 3.03. The van der Waals surface area contributed by atoms with Crippen molar-refractivity contribution in [2.75, 3.05) is 18.4 Å². The molecule has 25 heavy (non-hydrogen) atoms. The van der Waals surface area contributed by atoms with Gasteiger partial charge in [0.15, 0.2) is 0 Å². The van der Waals surface area contributed by atoms with Gasteiger partial charge in [0.25, 0.3) is 5.91 Å². The van der Waals surface area contributed by atoms with Crippen LogP contribution in [0.2, 0.25) is 0 Å². The molecule has 1 amide bonds. The number of nitrogens with one attached hydrogen (secondary N) is 2. The number of benzene rings is 1. The summed E-state index contributed by atoms with van der Waals surface area (Å²) < 4.78 is 0. The molecule has 0 saturated carbocycles. The molecule has 5 nitrogen and oxygen atoms in total. The first kappa shape index (κ1) is 19.3. The second kappa shape index (κ2) is 9.49. The van der Waals surface area contributed by atoms with Crippen LogP contribution in [0.1, 0.15) is 53.8 Å². The van der Waals surface area contributed by atoms with E-state index in [1.165, 1.54) is 18.4 Å². The maximum Gasteiger partial charge on any atom is 0.275 e. The van der Waals surface area contributed by atoms with E-state index in [-0.39, 0.29) is 18.3 Å². The molecule has 1 fully saturated rings. The smallest absolute Gasteiger partial charge is 0.275 e. The summed E-state index contributed by atoms with van der Waals surface area (Å²) in [7, 11) is 0. The van der Waals surface area contributed by atoms with Crippen LogP contribution in [0.5, 0.6) is 0 Å². The van der Waals surface area contributed by atoms with E-state index < -0.39 is 0 Å². The van der Waals surface area contributed by atoms with Crippen molar-refractivity contribution >= 4 is 24.0 Å². The van der Waals surface area contributed by atoms with E-state index in [2.05, 4.69) is 39.7 Å². The molecule has 3 rings (SSSR count). The summed E-state index contributed by atoms with van der Waals surface area (Å²) >= 11 is 0. The lowest BCUT2D eigenvalue weighted by atomic mass is 9.92. The van der Waals surface area contributed by atoms with Crippen molar-refractivity contribution in [3.05, 3.63) is 53.6 Å². The highest BCUT2D eigenvalue weighted by molar-refractivity contribution is 6.02. The Bertz CT molecular complexity index is 667. The standard InChI is InChI=1S/C19H24N4O.ClH/c1-2-4-17-12-22-18(13-21-17)19(24)23-16-8-6-14(7-9-16)15-5-3-10-20-11-15;/h6-9,12-13,15,20H,2-5,10-11H2,1H3,(H,23,24);1H. The number of halogens is 1. The summed E-state index contributed by atoms with van der Waals surface area (Å²) in [5, 5.41) is 6.31. The lowest BCUT2D eigenvalue weighted by Gasteiger charge is -2.23. The Balaban J connectivity index is 0.00000225. The number of hydrogen-bond donors (Lipinski definition) is 2. The summed E-state index contributed by atoms with van der Waals surface area (Å²) in [5.74, 6) is 0.345. The van der Waals surface area contributed by atoms with Gasteiger partial charge in [0.2, 0.25) is 0 Å². The first-order valence-corrected chi connectivity index (χ1v) is 8.69. The van der Waals surface area contributed by atoms with Gasteiger partial charge in [-0.25, -0.2) is 4.98 Å². The summed E-state index contributed by atoms with van der Waals surface area (Å²) in [5.41, 5.74) is 3.37. The molecule has 0 radical (unpaired) electrons. The molecule has 0 bridgehead atoms. The van der Waals surface area contributed by atoms with Crippen molar-refractivity contribution in [2.24, 2.45) is 0 Å². The molecule has 134 valence electrons. The molecule has 1 aliphatic heterocycles. The van der Waals surface area contributed by atoms with Crippen LogP contribution in [0.4, 0.5) is 5.69 Å². The number of rotatable bonds is 5. The van der Waals surface area contributed by atoms with Crippen molar-refractivity contribution in [2.45, 2.75) is 38.5 Å².